The molecule has 1 atom stereocenters. The highest BCUT2D eigenvalue weighted by Crippen LogP contribution is 2.30. The molecule has 108 valence electrons. The second-order valence-corrected chi connectivity index (χ2v) is 6.21. The van der Waals surface area contributed by atoms with Gasteiger partial charge in [0.15, 0.2) is 0 Å². The number of hydrogen-bond donors (Lipinski definition) is 1. The second-order valence-electron chi connectivity index (χ2n) is 4.50. The van der Waals surface area contributed by atoms with Gasteiger partial charge in [0.25, 0.3) is 0 Å². The van der Waals surface area contributed by atoms with Gasteiger partial charge >= 0.3 is 0 Å². The molecule has 1 aromatic carbocycles. The van der Waals surface area contributed by atoms with Crippen LogP contribution in [0.4, 0.5) is 0 Å². The molecule has 0 spiro atoms. The van der Waals surface area contributed by atoms with Gasteiger partial charge in [0.05, 0.1) is 29.5 Å². The van der Waals surface area contributed by atoms with Gasteiger partial charge in [0.2, 0.25) is 0 Å². The van der Waals surface area contributed by atoms with E-state index in [1.54, 1.807) is 18.0 Å². The van der Waals surface area contributed by atoms with Crippen LogP contribution in [0, 0.1) is 6.92 Å². The maximum Gasteiger partial charge on any atom is 0.122 e. The number of benzene rings is 1. The van der Waals surface area contributed by atoms with Crippen LogP contribution in [-0.2, 0) is 11.3 Å². The fraction of sp³-hybridized carbons (Fsp3) is 0.357. The van der Waals surface area contributed by atoms with Crippen molar-refractivity contribution in [1.29, 1.82) is 0 Å². The van der Waals surface area contributed by atoms with Crippen molar-refractivity contribution in [3.63, 3.8) is 0 Å². The SMILES string of the molecule is COCCn1ncc(Br)c1C(O)c1ccc(C)c(Br)c1. The highest BCUT2D eigenvalue weighted by Gasteiger charge is 2.20. The first kappa shape index (κ1) is 15.7. The minimum Gasteiger partial charge on any atom is -0.383 e. The summed E-state index contributed by atoms with van der Waals surface area (Å²) in [5.41, 5.74) is 2.69. The Balaban J connectivity index is 2.34. The van der Waals surface area contributed by atoms with Crippen LogP contribution in [0.2, 0.25) is 0 Å². The normalized spacial score (nSPS) is 12.7. The number of aliphatic hydroxyl groups is 1. The summed E-state index contributed by atoms with van der Waals surface area (Å²) in [5.74, 6) is 0. The number of nitrogens with zero attached hydrogens (tertiary/aromatic N) is 2. The third kappa shape index (κ3) is 3.31. The van der Waals surface area contributed by atoms with Crippen LogP contribution in [0.25, 0.3) is 0 Å². The van der Waals surface area contributed by atoms with Crippen LogP contribution < -0.4 is 0 Å². The molecule has 0 saturated carbocycles. The van der Waals surface area contributed by atoms with Crippen molar-refractivity contribution in [2.75, 3.05) is 13.7 Å². The van der Waals surface area contributed by atoms with Crippen molar-refractivity contribution in [2.45, 2.75) is 19.6 Å². The molecule has 0 bridgehead atoms. The lowest BCUT2D eigenvalue weighted by Crippen LogP contribution is -2.13. The van der Waals surface area contributed by atoms with E-state index in [-0.39, 0.29) is 0 Å². The molecule has 1 unspecified atom stereocenters. The lowest BCUT2D eigenvalue weighted by Gasteiger charge is -2.15. The maximum absolute atomic E-state index is 10.6. The summed E-state index contributed by atoms with van der Waals surface area (Å²) in [6.07, 6.45) is 0.956. The van der Waals surface area contributed by atoms with Gasteiger partial charge in [-0.05, 0) is 40.0 Å². The summed E-state index contributed by atoms with van der Waals surface area (Å²) in [6.45, 7) is 3.16. The summed E-state index contributed by atoms with van der Waals surface area (Å²) in [4.78, 5) is 0. The van der Waals surface area contributed by atoms with Crippen LogP contribution in [0.5, 0.6) is 0 Å². The van der Waals surface area contributed by atoms with Gasteiger partial charge in [-0.15, -0.1) is 0 Å². The summed E-state index contributed by atoms with van der Waals surface area (Å²) < 4.78 is 8.59. The van der Waals surface area contributed by atoms with Crippen LogP contribution in [0.3, 0.4) is 0 Å². The van der Waals surface area contributed by atoms with E-state index in [0.717, 1.165) is 25.8 Å². The molecule has 0 aliphatic heterocycles. The van der Waals surface area contributed by atoms with E-state index >= 15 is 0 Å². The number of aromatic nitrogens is 2. The molecular formula is C14H16Br2N2O2. The molecule has 4 nitrogen and oxygen atoms in total. The Morgan fingerprint density at radius 3 is 2.75 bits per heavy atom. The highest BCUT2D eigenvalue weighted by atomic mass is 79.9. The molecule has 1 aromatic heterocycles. The molecule has 6 heteroatoms. The van der Waals surface area contributed by atoms with Crippen molar-refractivity contribution >= 4 is 31.9 Å². The quantitative estimate of drug-likeness (QED) is 0.831. The van der Waals surface area contributed by atoms with Crippen LogP contribution in [0.15, 0.2) is 33.3 Å². The smallest absolute Gasteiger partial charge is 0.122 e. The number of hydrogen-bond acceptors (Lipinski definition) is 3. The first-order chi connectivity index (χ1) is 9.54. The zero-order valence-corrected chi connectivity index (χ0v) is 14.5. The predicted molar refractivity (Wildman–Crippen MR) is 84.7 cm³/mol. The molecule has 0 saturated heterocycles. The molecule has 1 heterocycles. The average molecular weight is 404 g/mol. The van der Waals surface area contributed by atoms with E-state index in [0.29, 0.717) is 13.2 Å². The van der Waals surface area contributed by atoms with E-state index in [4.69, 9.17) is 4.74 Å². The zero-order valence-electron chi connectivity index (χ0n) is 11.3. The van der Waals surface area contributed by atoms with Gasteiger partial charge in [-0.25, -0.2) is 0 Å². The molecule has 0 fully saturated rings. The average Bonchev–Trinajstić information content (AvgIpc) is 2.80. The molecule has 2 rings (SSSR count). The first-order valence-electron chi connectivity index (χ1n) is 6.19. The van der Waals surface area contributed by atoms with Gasteiger partial charge in [0.1, 0.15) is 6.10 Å². The van der Waals surface area contributed by atoms with Crippen LogP contribution in [-0.4, -0.2) is 28.6 Å². The molecular weight excluding hydrogens is 388 g/mol. The predicted octanol–water partition coefficient (Wildman–Crippen LogP) is 3.44. The fourth-order valence-corrected chi connectivity index (χ4v) is 2.85. The van der Waals surface area contributed by atoms with E-state index in [1.165, 1.54) is 0 Å². The van der Waals surface area contributed by atoms with E-state index in [1.807, 2.05) is 25.1 Å². The van der Waals surface area contributed by atoms with Gasteiger partial charge in [-0.2, -0.15) is 5.10 Å². The van der Waals surface area contributed by atoms with E-state index in [9.17, 15) is 5.11 Å². The third-order valence-corrected chi connectivity index (χ3v) is 4.58. The number of halogens is 2. The molecule has 0 radical (unpaired) electrons. The van der Waals surface area contributed by atoms with Gasteiger partial charge in [0, 0.05) is 11.6 Å². The molecule has 0 aliphatic rings. The molecule has 20 heavy (non-hydrogen) atoms. The second kappa shape index (κ2) is 6.85. The maximum atomic E-state index is 10.6. The summed E-state index contributed by atoms with van der Waals surface area (Å²) >= 11 is 6.94. The monoisotopic (exact) mass is 402 g/mol. The highest BCUT2D eigenvalue weighted by molar-refractivity contribution is 9.10. The molecule has 0 amide bonds. The summed E-state index contributed by atoms with van der Waals surface area (Å²) in [7, 11) is 1.64. The minimum absolute atomic E-state index is 0.547. The van der Waals surface area contributed by atoms with Crippen LogP contribution in [0.1, 0.15) is 22.9 Å². The molecule has 2 aromatic rings. The molecule has 0 aliphatic carbocycles. The van der Waals surface area contributed by atoms with Crippen molar-refractivity contribution in [1.82, 2.24) is 9.78 Å². The van der Waals surface area contributed by atoms with Gasteiger partial charge < -0.3 is 9.84 Å². The Morgan fingerprint density at radius 1 is 1.35 bits per heavy atom. The van der Waals surface area contributed by atoms with Crippen LogP contribution >= 0.6 is 31.9 Å². The van der Waals surface area contributed by atoms with E-state index < -0.39 is 6.10 Å². The Morgan fingerprint density at radius 2 is 2.10 bits per heavy atom. The number of aryl methyl sites for hydroxylation is 1. The zero-order chi connectivity index (χ0) is 14.7. The fourth-order valence-electron chi connectivity index (χ4n) is 1.94. The Hall–Kier alpha value is -0.690. The Kier molecular flexibility index (Phi) is 5.37. The largest absolute Gasteiger partial charge is 0.383 e. The van der Waals surface area contributed by atoms with E-state index in [2.05, 4.69) is 37.0 Å². The van der Waals surface area contributed by atoms with Crippen molar-refractivity contribution in [2.24, 2.45) is 0 Å². The van der Waals surface area contributed by atoms with Gasteiger partial charge in [-0.3, -0.25) is 4.68 Å². The first-order valence-corrected chi connectivity index (χ1v) is 7.77. The number of rotatable bonds is 5. The Bertz CT molecular complexity index is 599. The Labute approximate surface area is 135 Å². The topological polar surface area (TPSA) is 47.3 Å². The summed E-state index contributed by atoms with van der Waals surface area (Å²) in [5, 5.41) is 14.9. The third-order valence-electron chi connectivity index (χ3n) is 3.11. The molecule has 1 N–H and O–H groups in total. The lowest BCUT2D eigenvalue weighted by atomic mass is 10.0. The number of aliphatic hydroxyl groups excluding tert-OH is 1. The van der Waals surface area contributed by atoms with Crippen molar-refractivity contribution < 1.29 is 9.84 Å². The van der Waals surface area contributed by atoms with Crippen molar-refractivity contribution in [3.05, 3.63) is 50.2 Å². The number of methoxy groups -OCH3 is 1. The van der Waals surface area contributed by atoms with Crippen molar-refractivity contribution in [3.8, 4) is 0 Å². The standard InChI is InChI=1S/C14H16Br2N2O2/c1-9-3-4-10(7-11(9)15)14(19)13-12(16)8-17-18(13)5-6-20-2/h3-4,7-8,14,19H,5-6H2,1-2H3. The van der Waals surface area contributed by atoms with Gasteiger partial charge in [-0.1, -0.05) is 28.1 Å². The lowest BCUT2D eigenvalue weighted by molar-refractivity contribution is 0.171. The number of ether oxygens (including phenoxy) is 1. The minimum atomic E-state index is -0.736. The summed E-state index contributed by atoms with van der Waals surface area (Å²) in [6, 6.07) is 5.83.